The average Bonchev–Trinajstić information content (AvgIpc) is 3.29. The molecule has 0 bridgehead atoms. The number of rotatable bonds is 6. The first-order valence-corrected chi connectivity index (χ1v) is 9.67. The van der Waals surface area contributed by atoms with Gasteiger partial charge in [0, 0.05) is 49.8 Å². The number of ether oxygens (including phenoxy) is 1. The number of nitrogens with zero attached hydrogens (tertiary/aromatic N) is 2. The fraction of sp³-hybridized carbons (Fsp3) is 0.261. The maximum Gasteiger partial charge on any atom is 0.251 e. The van der Waals surface area contributed by atoms with Crippen molar-refractivity contribution in [1.29, 1.82) is 0 Å². The van der Waals surface area contributed by atoms with Crippen LogP contribution in [0.15, 0.2) is 73.1 Å². The van der Waals surface area contributed by atoms with Gasteiger partial charge in [0.25, 0.3) is 5.91 Å². The van der Waals surface area contributed by atoms with Crippen molar-refractivity contribution >= 4 is 5.91 Å². The van der Waals surface area contributed by atoms with Crippen LogP contribution in [0.1, 0.15) is 21.5 Å². The van der Waals surface area contributed by atoms with E-state index in [1.165, 1.54) is 5.56 Å². The van der Waals surface area contributed by atoms with Gasteiger partial charge in [-0.2, -0.15) is 0 Å². The number of nitrogens with one attached hydrogen (secondary N) is 1. The Bertz CT molecular complexity index is 881. The summed E-state index contributed by atoms with van der Waals surface area (Å²) >= 11 is 0. The topological polar surface area (TPSA) is 46.5 Å². The molecule has 4 rings (SSSR count). The number of aromatic nitrogens is 1. The Balaban J connectivity index is 1.29. The maximum atomic E-state index is 12.4. The third kappa shape index (κ3) is 4.68. The fourth-order valence-corrected chi connectivity index (χ4v) is 3.36. The second kappa shape index (κ2) is 8.87. The molecule has 5 nitrogen and oxygen atoms in total. The molecule has 1 aliphatic heterocycles. The van der Waals surface area contributed by atoms with Crippen molar-refractivity contribution in [3.63, 3.8) is 0 Å². The highest BCUT2D eigenvalue weighted by atomic mass is 16.5. The first-order chi connectivity index (χ1) is 13.8. The third-order valence-electron chi connectivity index (χ3n) is 5.02. The summed E-state index contributed by atoms with van der Waals surface area (Å²) in [6.45, 7) is 5.08. The summed E-state index contributed by atoms with van der Waals surface area (Å²) in [6.07, 6.45) is 3.97. The van der Waals surface area contributed by atoms with Crippen molar-refractivity contribution in [3.05, 3.63) is 89.7 Å². The molecule has 1 N–H and O–H groups in total. The van der Waals surface area contributed by atoms with Gasteiger partial charge in [-0.25, -0.2) is 0 Å². The number of hydrogen-bond donors (Lipinski definition) is 1. The molecule has 144 valence electrons. The number of amides is 1. The maximum absolute atomic E-state index is 12.4. The van der Waals surface area contributed by atoms with E-state index >= 15 is 0 Å². The van der Waals surface area contributed by atoms with Crippen LogP contribution in [0.5, 0.6) is 0 Å². The molecule has 0 spiro atoms. The van der Waals surface area contributed by atoms with Crippen molar-refractivity contribution in [1.82, 2.24) is 14.8 Å². The second-order valence-corrected chi connectivity index (χ2v) is 7.02. The van der Waals surface area contributed by atoms with E-state index in [0.717, 1.165) is 44.1 Å². The molecule has 1 saturated heterocycles. The van der Waals surface area contributed by atoms with Crippen molar-refractivity contribution < 1.29 is 9.53 Å². The minimum Gasteiger partial charge on any atom is -0.379 e. The molecular formula is C23H25N3O2. The molecule has 28 heavy (non-hydrogen) atoms. The van der Waals surface area contributed by atoms with Gasteiger partial charge in [-0.3, -0.25) is 9.69 Å². The van der Waals surface area contributed by atoms with Crippen LogP contribution >= 0.6 is 0 Å². The minimum absolute atomic E-state index is 0.0588. The standard InChI is InChI=1S/C23H25N3O2/c27-23(21-7-9-22(10-8-21)26-11-1-2-12-26)24-17-19-3-5-20(6-4-19)18-25-13-15-28-16-14-25/h1-12H,13-18H2,(H,24,27). The quantitative estimate of drug-likeness (QED) is 0.719. The zero-order valence-corrected chi connectivity index (χ0v) is 15.9. The van der Waals surface area contributed by atoms with Gasteiger partial charge < -0.3 is 14.6 Å². The number of benzene rings is 2. The highest BCUT2D eigenvalue weighted by Crippen LogP contribution is 2.12. The van der Waals surface area contributed by atoms with Gasteiger partial charge in [0.15, 0.2) is 0 Å². The first kappa shape index (κ1) is 18.5. The van der Waals surface area contributed by atoms with Crippen LogP contribution in [0.3, 0.4) is 0 Å². The molecule has 3 aromatic rings. The monoisotopic (exact) mass is 375 g/mol. The average molecular weight is 375 g/mol. The zero-order valence-electron chi connectivity index (χ0n) is 15.9. The van der Waals surface area contributed by atoms with E-state index in [2.05, 4.69) is 34.5 Å². The van der Waals surface area contributed by atoms with Gasteiger partial charge in [-0.15, -0.1) is 0 Å². The SMILES string of the molecule is O=C(NCc1ccc(CN2CCOCC2)cc1)c1ccc(-n2cccc2)cc1. The van der Waals surface area contributed by atoms with Crippen LogP contribution in [-0.2, 0) is 17.8 Å². The summed E-state index contributed by atoms with van der Waals surface area (Å²) in [7, 11) is 0. The van der Waals surface area contributed by atoms with Gasteiger partial charge in [0.05, 0.1) is 13.2 Å². The fourth-order valence-electron chi connectivity index (χ4n) is 3.36. The summed E-state index contributed by atoms with van der Waals surface area (Å²) in [5.74, 6) is -0.0588. The Hall–Kier alpha value is -2.89. The lowest BCUT2D eigenvalue weighted by Crippen LogP contribution is -2.35. The molecule has 0 radical (unpaired) electrons. The summed E-state index contributed by atoms with van der Waals surface area (Å²) in [5, 5.41) is 3.00. The molecule has 1 aliphatic rings. The van der Waals surface area contributed by atoms with Crippen molar-refractivity contribution in [2.45, 2.75) is 13.1 Å². The predicted molar refractivity (Wildman–Crippen MR) is 109 cm³/mol. The molecule has 2 heterocycles. The second-order valence-electron chi connectivity index (χ2n) is 7.02. The Kier molecular flexibility index (Phi) is 5.85. The minimum atomic E-state index is -0.0588. The lowest BCUT2D eigenvalue weighted by atomic mass is 10.1. The molecule has 0 saturated carbocycles. The predicted octanol–water partition coefficient (Wildman–Crippen LogP) is 3.24. The van der Waals surface area contributed by atoms with E-state index in [1.54, 1.807) is 0 Å². The van der Waals surface area contributed by atoms with Crippen molar-refractivity contribution in [3.8, 4) is 5.69 Å². The Labute approximate surface area is 165 Å². The summed E-state index contributed by atoms with van der Waals surface area (Å²) in [5.41, 5.74) is 4.10. The van der Waals surface area contributed by atoms with E-state index < -0.39 is 0 Å². The van der Waals surface area contributed by atoms with Gasteiger partial charge >= 0.3 is 0 Å². The lowest BCUT2D eigenvalue weighted by Gasteiger charge is -2.26. The number of morpholine rings is 1. The summed E-state index contributed by atoms with van der Waals surface area (Å²) < 4.78 is 7.40. The lowest BCUT2D eigenvalue weighted by molar-refractivity contribution is 0.0342. The largest absolute Gasteiger partial charge is 0.379 e. The summed E-state index contributed by atoms with van der Waals surface area (Å²) in [6, 6.07) is 20.0. The number of hydrogen-bond acceptors (Lipinski definition) is 3. The molecule has 0 unspecified atom stereocenters. The van der Waals surface area contributed by atoms with Crippen LogP contribution < -0.4 is 5.32 Å². The Morgan fingerprint density at radius 2 is 1.54 bits per heavy atom. The smallest absolute Gasteiger partial charge is 0.251 e. The van der Waals surface area contributed by atoms with Crippen LogP contribution in [0, 0.1) is 0 Å². The molecule has 5 heteroatoms. The van der Waals surface area contributed by atoms with Crippen LogP contribution in [0.25, 0.3) is 5.69 Å². The van der Waals surface area contributed by atoms with Gasteiger partial charge in [-0.05, 0) is 47.5 Å². The van der Waals surface area contributed by atoms with Crippen LogP contribution in [0.2, 0.25) is 0 Å². The van der Waals surface area contributed by atoms with E-state index in [0.29, 0.717) is 12.1 Å². The molecule has 1 aromatic heterocycles. The highest BCUT2D eigenvalue weighted by molar-refractivity contribution is 5.94. The van der Waals surface area contributed by atoms with E-state index in [1.807, 2.05) is 53.4 Å². The van der Waals surface area contributed by atoms with Crippen molar-refractivity contribution in [2.24, 2.45) is 0 Å². The van der Waals surface area contributed by atoms with E-state index in [4.69, 9.17) is 4.74 Å². The third-order valence-corrected chi connectivity index (χ3v) is 5.02. The van der Waals surface area contributed by atoms with Gasteiger partial charge in [-0.1, -0.05) is 24.3 Å². The molecule has 2 aromatic carbocycles. The Morgan fingerprint density at radius 3 is 2.21 bits per heavy atom. The van der Waals surface area contributed by atoms with Crippen LogP contribution in [-0.4, -0.2) is 41.7 Å². The van der Waals surface area contributed by atoms with Crippen molar-refractivity contribution in [2.75, 3.05) is 26.3 Å². The van der Waals surface area contributed by atoms with Gasteiger partial charge in [0.2, 0.25) is 0 Å². The van der Waals surface area contributed by atoms with E-state index in [-0.39, 0.29) is 5.91 Å². The molecule has 0 atom stereocenters. The molecule has 0 aliphatic carbocycles. The Morgan fingerprint density at radius 1 is 0.893 bits per heavy atom. The summed E-state index contributed by atoms with van der Waals surface area (Å²) in [4.78, 5) is 14.8. The van der Waals surface area contributed by atoms with Gasteiger partial charge in [0.1, 0.15) is 0 Å². The van der Waals surface area contributed by atoms with Crippen LogP contribution in [0.4, 0.5) is 0 Å². The zero-order chi connectivity index (χ0) is 19.2. The first-order valence-electron chi connectivity index (χ1n) is 9.67. The molecule has 1 amide bonds. The normalized spacial score (nSPS) is 14.7. The molecular weight excluding hydrogens is 350 g/mol. The highest BCUT2D eigenvalue weighted by Gasteiger charge is 2.10. The number of carbonyl (C=O) groups excluding carboxylic acids is 1. The molecule has 1 fully saturated rings. The number of carbonyl (C=O) groups is 1. The van der Waals surface area contributed by atoms with E-state index in [9.17, 15) is 4.79 Å².